The Hall–Kier alpha value is -3.39. The maximum absolute atomic E-state index is 13.0. The lowest BCUT2D eigenvalue weighted by Crippen LogP contribution is -2.24. The van der Waals surface area contributed by atoms with Crippen LogP contribution in [0.25, 0.3) is 11.1 Å². The maximum Gasteiger partial charge on any atom is 0.416 e. The fourth-order valence-electron chi connectivity index (χ4n) is 3.39. The van der Waals surface area contributed by atoms with Gasteiger partial charge in [-0.15, -0.1) is 0 Å². The van der Waals surface area contributed by atoms with Gasteiger partial charge >= 0.3 is 6.18 Å². The summed E-state index contributed by atoms with van der Waals surface area (Å²) in [5.41, 5.74) is 2.12. The van der Waals surface area contributed by atoms with Crippen molar-refractivity contribution < 1.29 is 27.8 Å². The van der Waals surface area contributed by atoms with E-state index in [9.17, 15) is 23.1 Å². The summed E-state index contributed by atoms with van der Waals surface area (Å²) >= 11 is 0. The molecule has 2 aromatic carbocycles. The van der Waals surface area contributed by atoms with Gasteiger partial charge in [0.25, 0.3) is 5.91 Å². The van der Waals surface area contributed by atoms with E-state index in [1.54, 1.807) is 18.3 Å². The van der Waals surface area contributed by atoms with Gasteiger partial charge in [0.15, 0.2) is 0 Å². The minimum absolute atomic E-state index is 0.0521. The minimum atomic E-state index is -4.41. The highest BCUT2D eigenvalue weighted by molar-refractivity contribution is 5.97. The summed E-state index contributed by atoms with van der Waals surface area (Å²) in [6.45, 7) is 0.362. The van der Waals surface area contributed by atoms with Gasteiger partial charge in [-0.25, -0.2) is 4.98 Å². The number of pyridine rings is 1. The number of nitrogens with zero attached hydrogens (tertiary/aromatic N) is 1. The van der Waals surface area contributed by atoms with Crippen LogP contribution >= 0.6 is 0 Å². The number of nitrogens with one attached hydrogen (secondary N) is 1. The zero-order chi connectivity index (χ0) is 23.4. The number of hydrogen-bond donors (Lipinski definition) is 2. The number of amides is 1. The molecule has 5 nitrogen and oxygen atoms in total. The Kier molecular flexibility index (Phi) is 6.65. The van der Waals surface area contributed by atoms with E-state index in [0.29, 0.717) is 29.2 Å². The molecule has 1 saturated carbocycles. The molecule has 1 fully saturated rings. The first-order chi connectivity index (χ1) is 15.8. The van der Waals surface area contributed by atoms with Gasteiger partial charge in [0.1, 0.15) is 5.56 Å². The summed E-state index contributed by atoms with van der Waals surface area (Å²) < 4.78 is 44.1. The second kappa shape index (κ2) is 9.62. The predicted octanol–water partition coefficient (Wildman–Crippen LogP) is 4.98. The SMILES string of the molecule is O=C(NCc1ccc(C(F)(F)F)cc1)c1cc(-c2ccccc2CO)cnc1OCC1CC1. The number of rotatable bonds is 8. The molecule has 0 spiro atoms. The van der Waals surface area contributed by atoms with Crippen LogP contribution in [0, 0.1) is 5.92 Å². The van der Waals surface area contributed by atoms with Crippen molar-refractivity contribution in [3.05, 3.63) is 83.0 Å². The van der Waals surface area contributed by atoms with Gasteiger partial charge in [0, 0.05) is 18.3 Å². The number of carbonyl (C=O) groups excluding carboxylic acids is 1. The number of aromatic nitrogens is 1. The average molecular weight is 456 g/mol. The molecule has 0 aliphatic heterocycles. The second-order valence-electron chi connectivity index (χ2n) is 8.02. The molecule has 1 aromatic heterocycles. The van der Waals surface area contributed by atoms with E-state index in [1.807, 2.05) is 18.2 Å². The van der Waals surface area contributed by atoms with Gasteiger partial charge in [0.2, 0.25) is 5.88 Å². The normalized spacial score (nSPS) is 13.6. The molecule has 2 N–H and O–H groups in total. The van der Waals surface area contributed by atoms with Gasteiger partial charge in [-0.2, -0.15) is 13.2 Å². The van der Waals surface area contributed by atoms with Crippen molar-refractivity contribution in [3.63, 3.8) is 0 Å². The van der Waals surface area contributed by atoms with Crippen LogP contribution in [0.5, 0.6) is 5.88 Å². The molecule has 0 atom stereocenters. The van der Waals surface area contributed by atoms with Gasteiger partial charge in [-0.3, -0.25) is 4.79 Å². The van der Waals surface area contributed by atoms with Crippen molar-refractivity contribution in [1.82, 2.24) is 10.3 Å². The fourth-order valence-corrected chi connectivity index (χ4v) is 3.39. The van der Waals surface area contributed by atoms with Gasteiger partial charge < -0.3 is 15.2 Å². The van der Waals surface area contributed by atoms with Crippen molar-refractivity contribution in [3.8, 4) is 17.0 Å². The van der Waals surface area contributed by atoms with Crippen molar-refractivity contribution in [1.29, 1.82) is 0 Å². The van der Waals surface area contributed by atoms with Crippen molar-refractivity contribution >= 4 is 5.91 Å². The summed E-state index contributed by atoms with van der Waals surface area (Å²) in [5, 5.41) is 12.4. The highest BCUT2D eigenvalue weighted by Crippen LogP contribution is 2.32. The molecule has 1 heterocycles. The molecule has 0 unspecified atom stereocenters. The maximum atomic E-state index is 13.0. The van der Waals surface area contributed by atoms with Gasteiger partial charge in [0.05, 0.1) is 18.8 Å². The number of hydrogen-bond acceptors (Lipinski definition) is 4. The number of ether oxygens (including phenoxy) is 1. The molecule has 172 valence electrons. The molecule has 0 bridgehead atoms. The Balaban J connectivity index is 1.55. The monoisotopic (exact) mass is 456 g/mol. The third kappa shape index (κ3) is 5.70. The number of benzene rings is 2. The van der Waals surface area contributed by atoms with Crippen LogP contribution in [0.1, 0.15) is 39.9 Å². The second-order valence-corrected chi connectivity index (χ2v) is 8.02. The molecular weight excluding hydrogens is 433 g/mol. The van der Waals surface area contributed by atoms with Crippen molar-refractivity contribution in [2.24, 2.45) is 5.92 Å². The Labute approximate surface area is 189 Å². The van der Waals surface area contributed by atoms with Crippen LogP contribution in [0.4, 0.5) is 13.2 Å². The molecule has 1 aliphatic carbocycles. The number of alkyl halides is 3. The third-order valence-electron chi connectivity index (χ3n) is 5.48. The summed E-state index contributed by atoms with van der Waals surface area (Å²) in [5.74, 6) is 0.221. The molecule has 3 aromatic rings. The van der Waals surface area contributed by atoms with Crippen molar-refractivity contribution in [2.75, 3.05) is 6.61 Å². The van der Waals surface area contributed by atoms with Crippen LogP contribution in [-0.4, -0.2) is 22.6 Å². The third-order valence-corrected chi connectivity index (χ3v) is 5.48. The average Bonchev–Trinajstić information content (AvgIpc) is 3.65. The van der Waals surface area contributed by atoms with E-state index in [1.165, 1.54) is 12.1 Å². The molecule has 4 rings (SSSR count). The summed E-state index contributed by atoms with van der Waals surface area (Å²) in [4.78, 5) is 17.4. The molecule has 1 amide bonds. The standard InChI is InChI=1S/C25H23F3N2O3/c26-25(27,28)20-9-7-16(8-10-20)12-29-23(32)22-11-19(21-4-2-1-3-18(21)14-31)13-30-24(22)33-15-17-5-6-17/h1-4,7-11,13,17,31H,5-6,12,14-15H2,(H,29,32). The first-order valence-corrected chi connectivity index (χ1v) is 10.6. The van der Waals surface area contributed by atoms with E-state index >= 15 is 0 Å². The number of halogens is 3. The van der Waals surface area contributed by atoms with Crippen LogP contribution in [0.2, 0.25) is 0 Å². The van der Waals surface area contributed by atoms with E-state index in [2.05, 4.69) is 10.3 Å². The number of aliphatic hydroxyl groups excluding tert-OH is 1. The summed E-state index contributed by atoms with van der Waals surface area (Å²) in [7, 11) is 0. The lowest BCUT2D eigenvalue weighted by Gasteiger charge is -2.14. The highest BCUT2D eigenvalue weighted by atomic mass is 19.4. The smallest absolute Gasteiger partial charge is 0.416 e. The van der Waals surface area contributed by atoms with Crippen LogP contribution < -0.4 is 10.1 Å². The van der Waals surface area contributed by atoms with Crippen LogP contribution in [0.15, 0.2) is 60.8 Å². The lowest BCUT2D eigenvalue weighted by atomic mass is 10.00. The van der Waals surface area contributed by atoms with Gasteiger partial charge in [-0.1, -0.05) is 36.4 Å². The first-order valence-electron chi connectivity index (χ1n) is 10.6. The fraction of sp³-hybridized carbons (Fsp3) is 0.280. The zero-order valence-electron chi connectivity index (χ0n) is 17.7. The Morgan fingerprint density at radius 1 is 1.12 bits per heavy atom. The van der Waals surface area contributed by atoms with Gasteiger partial charge in [-0.05, 0) is 53.6 Å². The Morgan fingerprint density at radius 2 is 1.85 bits per heavy atom. The Morgan fingerprint density at radius 3 is 2.52 bits per heavy atom. The first kappa shape index (κ1) is 22.8. The molecular formula is C25H23F3N2O3. The lowest BCUT2D eigenvalue weighted by molar-refractivity contribution is -0.137. The number of aliphatic hydroxyl groups is 1. The highest BCUT2D eigenvalue weighted by Gasteiger charge is 2.30. The number of carbonyl (C=O) groups is 1. The zero-order valence-corrected chi connectivity index (χ0v) is 17.7. The van der Waals surface area contributed by atoms with Crippen LogP contribution in [-0.2, 0) is 19.3 Å². The van der Waals surface area contributed by atoms with Crippen molar-refractivity contribution in [2.45, 2.75) is 32.2 Å². The Bertz CT molecular complexity index is 1130. The van der Waals surface area contributed by atoms with E-state index in [4.69, 9.17) is 4.74 Å². The quantitative estimate of drug-likeness (QED) is 0.502. The molecule has 8 heteroatoms. The summed E-state index contributed by atoms with van der Waals surface area (Å²) in [6.07, 6.45) is -0.648. The predicted molar refractivity (Wildman–Crippen MR) is 116 cm³/mol. The largest absolute Gasteiger partial charge is 0.477 e. The topological polar surface area (TPSA) is 71.5 Å². The van der Waals surface area contributed by atoms with E-state index in [0.717, 1.165) is 30.5 Å². The molecule has 0 saturated heterocycles. The molecule has 0 radical (unpaired) electrons. The van der Waals surface area contributed by atoms with E-state index in [-0.39, 0.29) is 24.6 Å². The van der Waals surface area contributed by atoms with Crippen LogP contribution in [0.3, 0.4) is 0 Å². The minimum Gasteiger partial charge on any atom is -0.477 e. The summed E-state index contributed by atoms with van der Waals surface area (Å²) in [6, 6.07) is 13.6. The molecule has 33 heavy (non-hydrogen) atoms. The molecule has 1 aliphatic rings. The van der Waals surface area contributed by atoms with E-state index < -0.39 is 17.6 Å².